The Labute approximate surface area is 115 Å². The standard InChI is InChI=1S/C14H26N2O3/c1-5-11(4)15(6-2)14(19)16-9-7-8-10(3)12(16)13(17)18/h10-12H,5-9H2,1-4H3,(H,17,18). The SMILES string of the molecule is CCC(C)N(CC)C(=O)N1CCCC(C)C1C(=O)O. The van der Waals surface area contributed by atoms with Gasteiger partial charge in [-0.05, 0) is 39.0 Å². The number of hydrogen-bond acceptors (Lipinski definition) is 2. The Balaban J connectivity index is 2.91. The summed E-state index contributed by atoms with van der Waals surface area (Å²) < 4.78 is 0. The van der Waals surface area contributed by atoms with Crippen LogP contribution in [0, 0.1) is 5.92 Å². The molecule has 1 heterocycles. The van der Waals surface area contributed by atoms with Crippen LogP contribution in [0.5, 0.6) is 0 Å². The minimum absolute atomic E-state index is 0.0193. The van der Waals surface area contributed by atoms with E-state index >= 15 is 0 Å². The summed E-state index contributed by atoms with van der Waals surface area (Å²) in [5.41, 5.74) is 0. The minimum atomic E-state index is -0.888. The van der Waals surface area contributed by atoms with Crippen LogP contribution in [0.2, 0.25) is 0 Å². The van der Waals surface area contributed by atoms with Gasteiger partial charge in [-0.15, -0.1) is 0 Å². The van der Waals surface area contributed by atoms with Gasteiger partial charge in [-0.2, -0.15) is 0 Å². The second-order valence-corrected chi connectivity index (χ2v) is 5.42. The normalized spacial score (nSPS) is 24.9. The molecule has 0 saturated carbocycles. The molecule has 1 saturated heterocycles. The van der Waals surface area contributed by atoms with E-state index < -0.39 is 12.0 Å². The maximum Gasteiger partial charge on any atom is 0.326 e. The third-order valence-corrected chi connectivity index (χ3v) is 4.14. The molecule has 1 aliphatic heterocycles. The highest BCUT2D eigenvalue weighted by atomic mass is 16.4. The molecular weight excluding hydrogens is 244 g/mol. The zero-order chi connectivity index (χ0) is 14.6. The molecular formula is C14H26N2O3. The Morgan fingerprint density at radius 1 is 1.42 bits per heavy atom. The van der Waals surface area contributed by atoms with E-state index in [0.29, 0.717) is 13.1 Å². The molecule has 1 N–H and O–H groups in total. The van der Waals surface area contributed by atoms with Gasteiger partial charge in [-0.1, -0.05) is 13.8 Å². The number of aliphatic carboxylic acids is 1. The summed E-state index contributed by atoms with van der Waals surface area (Å²) in [6, 6.07) is -0.667. The molecule has 110 valence electrons. The van der Waals surface area contributed by atoms with Crippen LogP contribution in [0.4, 0.5) is 4.79 Å². The van der Waals surface area contributed by atoms with Crippen LogP contribution in [0.3, 0.4) is 0 Å². The van der Waals surface area contributed by atoms with Crippen molar-refractivity contribution in [1.82, 2.24) is 9.80 Å². The van der Waals surface area contributed by atoms with Gasteiger partial charge in [0.15, 0.2) is 0 Å². The molecule has 0 bridgehead atoms. The monoisotopic (exact) mass is 270 g/mol. The first kappa shape index (κ1) is 15.8. The molecule has 0 aromatic heterocycles. The summed E-state index contributed by atoms with van der Waals surface area (Å²) in [4.78, 5) is 27.3. The number of carbonyl (C=O) groups is 2. The van der Waals surface area contributed by atoms with E-state index in [0.717, 1.165) is 19.3 Å². The maximum absolute atomic E-state index is 12.6. The molecule has 3 unspecified atom stereocenters. The van der Waals surface area contributed by atoms with Gasteiger partial charge in [0.1, 0.15) is 6.04 Å². The number of nitrogens with zero attached hydrogens (tertiary/aromatic N) is 2. The minimum Gasteiger partial charge on any atom is -0.480 e. The van der Waals surface area contributed by atoms with Crippen LogP contribution in [-0.4, -0.2) is 52.1 Å². The number of rotatable bonds is 4. The van der Waals surface area contributed by atoms with Crippen LogP contribution < -0.4 is 0 Å². The number of urea groups is 1. The first-order chi connectivity index (χ1) is 8.93. The topological polar surface area (TPSA) is 60.9 Å². The number of carboxylic acid groups (broad SMARTS) is 1. The molecule has 3 atom stereocenters. The van der Waals surface area contributed by atoms with Crippen molar-refractivity contribution < 1.29 is 14.7 Å². The summed E-state index contributed by atoms with van der Waals surface area (Å²) in [5, 5.41) is 9.37. The first-order valence-electron chi connectivity index (χ1n) is 7.24. The fraction of sp³-hybridized carbons (Fsp3) is 0.857. The Morgan fingerprint density at radius 3 is 2.53 bits per heavy atom. The summed E-state index contributed by atoms with van der Waals surface area (Å²) >= 11 is 0. The molecule has 0 aromatic rings. The predicted octanol–water partition coefficient (Wildman–Crippen LogP) is 2.41. The van der Waals surface area contributed by atoms with E-state index in [-0.39, 0.29) is 18.0 Å². The molecule has 0 radical (unpaired) electrons. The number of hydrogen-bond donors (Lipinski definition) is 1. The lowest BCUT2D eigenvalue weighted by molar-refractivity contribution is -0.145. The van der Waals surface area contributed by atoms with E-state index in [2.05, 4.69) is 0 Å². The molecule has 0 spiro atoms. The molecule has 5 nitrogen and oxygen atoms in total. The average Bonchev–Trinajstić information content (AvgIpc) is 2.38. The smallest absolute Gasteiger partial charge is 0.326 e. The van der Waals surface area contributed by atoms with Gasteiger partial charge < -0.3 is 14.9 Å². The van der Waals surface area contributed by atoms with Crippen LogP contribution in [0.25, 0.3) is 0 Å². The summed E-state index contributed by atoms with van der Waals surface area (Å²) in [7, 11) is 0. The highest BCUT2D eigenvalue weighted by molar-refractivity contribution is 5.83. The number of piperidine rings is 1. The molecule has 0 aliphatic carbocycles. The average molecular weight is 270 g/mol. The van der Waals surface area contributed by atoms with E-state index in [4.69, 9.17) is 0 Å². The van der Waals surface area contributed by atoms with Crippen LogP contribution >= 0.6 is 0 Å². The predicted molar refractivity (Wildman–Crippen MR) is 74.1 cm³/mol. The van der Waals surface area contributed by atoms with Crippen molar-refractivity contribution in [2.75, 3.05) is 13.1 Å². The van der Waals surface area contributed by atoms with E-state index in [9.17, 15) is 14.7 Å². The molecule has 19 heavy (non-hydrogen) atoms. The lowest BCUT2D eigenvalue weighted by Gasteiger charge is -2.41. The van der Waals surface area contributed by atoms with Crippen molar-refractivity contribution in [3.63, 3.8) is 0 Å². The largest absolute Gasteiger partial charge is 0.480 e. The van der Waals surface area contributed by atoms with Crippen molar-refractivity contribution in [1.29, 1.82) is 0 Å². The lowest BCUT2D eigenvalue weighted by Crippen LogP contribution is -2.57. The van der Waals surface area contributed by atoms with Crippen molar-refractivity contribution in [2.45, 2.75) is 59.0 Å². The number of carbonyl (C=O) groups excluding carboxylic acids is 1. The second-order valence-electron chi connectivity index (χ2n) is 5.42. The third-order valence-electron chi connectivity index (χ3n) is 4.14. The van der Waals surface area contributed by atoms with Crippen molar-refractivity contribution >= 4 is 12.0 Å². The van der Waals surface area contributed by atoms with Gasteiger partial charge in [0.05, 0.1) is 0 Å². The van der Waals surface area contributed by atoms with Crippen molar-refractivity contribution in [3.8, 4) is 0 Å². The first-order valence-corrected chi connectivity index (χ1v) is 7.24. The second kappa shape index (κ2) is 6.78. The number of likely N-dealkylation sites (tertiary alicyclic amines) is 1. The molecule has 5 heteroatoms. The lowest BCUT2D eigenvalue weighted by atomic mass is 9.91. The summed E-state index contributed by atoms with van der Waals surface area (Å²) in [6.45, 7) is 9.06. The summed E-state index contributed by atoms with van der Waals surface area (Å²) in [6.07, 6.45) is 2.63. The third kappa shape index (κ3) is 3.39. The zero-order valence-corrected chi connectivity index (χ0v) is 12.4. The van der Waals surface area contributed by atoms with Crippen LogP contribution in [0.15, 0.2) is 0 Å². The van der Waals surface area contributed by atoms with Gasteiger partial charge in [0.2, 0.25) is 0 Å². The molecule has 1 fully saturated rings. The molecule has 1 rings (SSSR count). The fourth-order valence-electron chi connectivity index (χ4n) is 2.80. The molecule has 1 aliphatic rings. The van der Waals surface area contributed by atoms with Gasteiger partial charge >= 0.3 is 12.0 Å². The van der Waals surface area contributed by atoms with Crippen LogP contribution in [0.1, 0.15) is 47.0 Å². The Bertz CT molecular complexity index is 333. The maximum atomic E-state index is 12.6. The van der Waals surface area contributed by atoms with Gasteiger partial charge in [0, 0.05) is 19.1 Å². The Kier molecular flexibility index (Phi) is 5.63. The van der Waals surface area contributed by atoms with Crippen LogP contribution in [-0.2, 0) is 4.79 Å². The Hall–Kier alpha value is -1.26. The molecule has 0 aromatic carbocycles. The highest BCUT2D eigenvalue weighted by Crippen LogP contribution is 2.25. The number of carboxylic acids is 1. The van der Waals surface area contributed by atoms with E-state index in [1.807, 2.05) is 27.7 Å². The zero-order valence-electron chi connectivity index (χ0n) is 12.4. The fourth-order valence-corrected chi connectivity index (χ4v) is 2.80. The van der Waals surface area contributed by atoms with Crippen molar-refractivity contribution in [2.24, 2.45) is 5.92 Å². The van der Waals surface area contributed by atoms with E-state index in [1.54, 1.807) is 9.80 Å². The highest BCUT2D eigenvalue weighted by Gasteiger charge is 2.39. The summed E-state index contributed by atoms with van der Waals surface area (Å²) in [5.74, 6) is -0.869. The number of amides is 2. The Morgan fingerprint density at radius 2 is 2.05 bits per heavy atom. The van der Waals surface area contributed by atoms with Gasteiger partial charge in [0.25, 0.3) is 0 Å². The van der Waals surface area contributed by atoms with Crippen molar-refractivity contribution in [3.05, 3.63) is 0 Å². The van der Waals surface area contributed by atoms with Gasteiger partial charge in [-0.25, -0.2) is 9.59 Å². The quantitative estimate of drug-likeness (QED) is 0.853. The van der Waals surface area contributed by atoms with Gasteiger partial charge in [-0.3, -0.25) is 0 Å². The molecule has 2 amide bonds. The van der Waals surface area contributed by atoms with E-state index in [1.165, 1.54) is 0 Å².